The second kappa shape index (κ2) is 7.11. The van der Waals surface area contributed by atoms with Crippen LogP contribution in [0.1, 0.15) is 30.2 Å². The molecule has 0 aromatic heterocycles. The number of aliphatic hydroxyl groups is 1. The van der Waals surface area contributed by atoms with Gasteiger partial charge in [-0.1, -0.05) is 36.4 Å². The summed E-state index contributed by atoms with van der Waals surface area (Å²) in [4.78, 5) is 0. The number of aliphatic hydroxyl groups excluding tert-OH is 1. The monoisotopic (exact) mass is 287 g/mol. The highest BCUT2D eigenvalue weighted by molar-refractivity contribution is 5.42. The average Bonchev–Trinajstić information content (AvgIpc) is 2.52. The van der Waals surface area contributed by atoms with E-state index in [1.807, 2.05) is 49.4 Å². The van der Waals surface area contributed by atoms with E-state index in [2.05, 4.69) is 0 Å². The molecule has 4 nitrogen and oxygen atoms in total. The van der Waals surface area contributed by atoms with Crippen LogP contribution in [0.4, 0.5) is 0 Å². The lowest BCUT2D eigenvalue weighted by Crippen LogP contribution is -2.13. The highest BCUT2D eigenvalue weighted by Gasteiger charge is 2.13. The van der Waals surface area contributed by atoms with Crippen molar-refractivity contribution in [1.82, 2.24) is 0 Å². The van der Waals surface area contributed by atoms with Crippen molar-refractivity contribution in [3.05, 3.63) is 59.7 Å². The summed E-state index contributed by atoms with van der Waals surface area (Å²) in [5, 5.41) is 10.2. The van der Waals surface area contributed by atoms with Crippen LogP contribution >= 0.6 is 0 Å². The number of hydrogen-bond donors (Lipinski definition) is 2. The van der Waals surface area contributed by atoms with Crippen LogP contribution in [0.2, 0.25) is 0 Å². The zero-order valence-electron chi connectivity index (χ0n) is 12.3. The van der Waals surface area contributed by atoms with Crippen LogP contribution < -0.4 is 15.2 Å². The number of nitrogens with two attached hydrogens (primary N) is 1. The van der Waals surface area contributed by atoms with Crippen LogP contribution in [0.3, 0.4) is 0 Å². The Kier molecular flexibility index (Phi) is 5.20. The maximum Gasteiger partial charge on any atom is 0.127 e. The molecule has 0 saturated heterocycles. The van der Waals surface area contributed by atoms with Crippen LogP contribution in [0.5, 0.6) is 11.5 Å². The molecule has 4 heteroatoms. The molecule has 0 fully saturated rings. The highest BCUT2D eigenvalue weighted by atomic mass is 16.5. The Morgan fingerprint density at radius 1 is 1.14 bits per heavy atom. The molecule has 21 heavy (non-hydrogen) atoms. The molecule has 2 atom stereocenters. The number of benzene rings is 2. The van der Waals surface area contributed by atoms with E-state index in [1.54, 1.807) is 13.2 Å². The zero-order valence-corrected chi connectivity index (χ0v) is 12.3. The normalized spacial score (nSPS) is 13.5. The van der Waals surface area contributed by atoms with Crippen molar-refractivity contribution in [3.8, 4) is 11.5 Å². The van der Waals surface area contributed by atoms with E-state index in [4.69, 9.17) is 15.2 Å². The van der Waals surface area contributed by atoms with E-state index in [-0.39, 0.29) is 12.6 Å². The number of methoxy groups -OCH3 is 1. The fourth-order valence-electron chi connectivity index (χ4n) is 2.08. The first kappa shape index (κ1) is 15.4. The first-order chi connectivity index (χ1) is 10.1. The highest BCUT2D eigenvalue weighted by Crippen LogP contribution is 2.29. The van der Waals surface area contributed by atoms with Gasteiger partial charge in [-0.25, -0.2) is 0 Å². The van der Waals surface area contributed by atoms with Gasteiger partial charge in [0, 0.05) is 17.7 Å². The van der Waals surface area contributed by atoms with Crippen LogP contribution in [0.25, 0.3) is 0 Å². The fraction of sp³-hybridized carbons (Fsp3) is 0.294. The van der Waals surface area contributed by atoms with Crippen molar-refractivity contribution >= 4 is 0 Å². The Bertz CT molecular complexity index is 570. The Labute approximate surface area is 125 Å². The third kappa shape index (κ3) is 3.97. The fourth-order valence-corrected chi connectivity index (χ4v) is 2.08. The van der Waals surface area contributed by atoms with Gasteiger partial charge >= 0.3 is 0 Å². The molecule has 0 radical (unpaired) electrons. The molecule has 0 aliphatic rings. The van der Waals surface area contributed by atoms with Crippen molar-refractivity contribution in [2.24, 2.45) is 5.73 Å². The predicted molar refractivity (Wildman–Crippen MR) is 82.5 cm³/mol. The third-order valence-corrected chi connectivity index (χ3v) is 3.29. The van der Waals surface area contributed by atoms with Gasteiger partial charge in [0.1, 0.15) is 24.2 Å². The molecule has 2 rings (SSSR count). The van der Waals surface area contributed by atoms with Crippen molar-refractivity contribution in [3.63, 3.8) is 0 Å². The van der Waals surface area contributed by atoms with Gasteiger partial charge in [-0.3, -0.25) is 0 Å². The lowest BCUT2D eigenvalue weighted by Gasteiger charge is -2.17. The van der Waals surface area contributed by atoms with E-state index in [1.165, 1.54) is 0 Å². The van der Waals surface area contributed by atoms with E-state index in [0.717, 1.165) is 11.1 Å². The summed E-state index contributed by atoms with van der Waals surface area (Å²) in [6.07, 6.45) is -0.682. The molecule has 0 heterocycles. The van der Waals surface area contributed by atoms with E-state index < -0.39 is 6.10 Å². The number of hydrogen-bond acceptors (Lipinski definition) is 4. The topological polar surface area (TPSA) is 64.7 Å². The molecule has 1 unspecified atom stereocenters. The van der Waals surface area contributed by atoms with Crippen LogP contribution in [0, 0.1) is 0 Å². The molecule has 3 N–H and O–H groups in total. The number of ether oxygens (including phenoxy) is 2. The zero-order chi connectivity index (χ0) is 15.2. The summed E-state index contributed by atoms with van der Waals surface area (Å²) in [5.74, 6) is 1.34. The van der Waals surface area contributed by atoms with Crippen molar-refractivity contribution in [1.29, 1.82) is 0 Å². The molecule has 0 aliphatic heterocycles. The maximum absolute atomic E-state index is 10.2. The number of rotatable bonds is 6. The summed E-state index contributed by atoms with van der Waals surface area (Å²) >= 11 is 0. The molecule has 0 bridgehead atoms. The maximum atomic E-state index is 10.2. The second-order valence-corrected chi connectivity index (χ2v) is 4.93. The van der Waals surface area contributed by atoms with Gasteiger partial charge in [-0.05, 0) is 18.6 Å². The molecular formula is C17H21NO3. The van der Waals surface area contributed by atoms with Crippen LogP contribution in [0.15, 0.2) is 48.5 Å². The van der Waals surface area contributed by atoms with E-state index in [0.29, 0.717) is 11.5 Å². The minimum absolute atomic E-state index is 0.153. The second-order valence-electron chi connectivity index (χ2n) is 4.93. The molecular weight excluding hydrogens is 266 g/mol. The van der Waals surface area contributed by atoms with Gasteiger partial charge in [0.2, 0.25) is 0 Å². The summed E-state index contributed by atoms with van der Waals surface area (Å²) in [6.45, 7) is 2.05. The summed E-state index contributed by atoms with van der Waals surface area (Å²) in [5.41, 5.74) is 7.65. The molecule has 0 amide bonds. The Hall–Kier alpha value is -2.04. The largest absolute Gasteiger partial charge is 0.497 e. The van der Waals surface area contributed by atoms with Crippen molar-refractivity contribution in [2.75, 3.05) is 13.7 Å². The van der Waals surface area contributed by atoms with Gasteiger partial charge in [0.05, 0.1) is 7.11 Å². The Morgan fingerprint density at radius 2 is 1.86 bits per heavy atom. The first-order valence-electron chi connectivity index (χ1n) is 6.91. The van der Waals surface area contributed by atoms with Crippen LogP contribution in [-0.4, -0.2) is 18.8 Å². The Balaban J connectivity index is 2.11. The van der Waals surface area contributed by atoms with Gasteiger partial charge in [-0.2, -0.15) is 0 Å². The average molecular weight is 287 g/mol. The molecule has 0 spiro atoms. The lowest BCUT2D eigenvalue weighted by molar-refractivity contribution is 0.107. The standard InChI is InChI=1S/C17H21NO3/c1-12(18)15-9-8-14(20-2)10-17(15)21-11-16(19)13-6-4-3-5-7-13/h3-10,12,16,19H,11,18H2,1-2H3/t12-,16?/m1/s1. The van der Waals surface area contributed by atoms with E-state index >= 15 is 0 Å². The van der Waals surface area contributed by atoms with Crippen LogP contribution in [-0.2, 0) is 0 Å². The molecule has 2 aromatic carbocycles. The van der Waals surface area contributed by atoms with Gasteiger partial charge in [-0.15, -0.1) is 0 Å². The van der Waals surface area contributed by atoms with Gasteiger partial charge in [0.15, 0.2) is 0 Å². The van der Waals surface area contributed by atoms with Gasteiger partial charge in [0.25, 0.3) is 0 Å². The minimum atomic E-state index is -0.682. The molecule has 2 aromatic rings. The summed E-state index contributed by atoms with van der Waals surface area (Å²) < 4.78 is 10.9. The SMILES string of the molecule is COc1ccc([C@@H](C)N)c(OCC(O)c2ccccc2)c1. The first-order valence-corrected chi connectivity index (χ1v) is 6.91. The minimum Gasteiger partial charge on any atom is -0.497 e. The lowest BCUT2D eigenvalue weighted by atomic mass is 10.1. The Morgan fingerprint density at radius 3 is 2.48 bits per heavy atom. The predicted octanol–water partition coefficient (Wildman–Crippen LogP) is 2.83. The van der Waals surface area contributed by atoms with Crippen molar-refractivity contribution in [2.45, 2.75) is 19.1 Å². The summed E-state index contributed by atoms with van der Waals surface area (Å²) in [7, 11) is 1.60. The van der Waals surface area contributed by atoms with Gasteiger partial charge < -0.3 is 20.3 Å². The molecule has 0 saturated carbocycles. The van der Waals surface area contributed by atoms with Crippen molar-refractivity contribution < 1.29 is 14.6 Å². The summed E-state index contributed by atoms with van der Waals surface area (Å²) in [6, 6.07) is 14.8. The molecule has 0 aliphatic carbocycles. The quantitative estimate of drug-likeness (QED) is 0.857. The smallest absolute Gasteiger partial charge is 0.127 e. The van der Waals surface area contributed by atoms with E-state index in [9.17, 15) is 5.11 Å². The third-order valence-electron chi connectivity index (χ3n) is 3.29. The molecule has 112 valence electrons.